The molecule has 2 aromatic carbocycles. The summed E-state index contributed by atoms with van der Waals surface area (Å²) < 4.78 is 0. The topological polar surface area (TPSA) is 128 Å². The molecule has 0 unspecified atom stereocenters. The zero-order valence-electron chi connectivity index (χ0n) is 12.3. The smallest absolute Gasteiger partial charge is 0.292 e. The summed E-state index contributed by atoms with van der Waals surface area (Å²) in [7, 11) is 0. The van der Waals surface area contributed by atoms with Crippen molar-refractivity contribution >= 4 is 23.0 Å². The number of phenols is 1. The predicted octanol–water partition coefficient (Wildman–Crippen LogP) is 2.76. The Morgan fingerprint density at radius 3 is 2.50 bits per heavy atom. The van der Waals surface area contributed by atoms with Gasteiger partial charge in [0.2, 0.25) is 0 Å². The van der Waals surface area contributed by atoms with E-state index in [4.69, 9.17) is 5.26 Å². The van der Waals surface area contributed by atoms with Gasteiger partial charge in [0.15, 0.2) is 0 Å². The number of amides is 1. The lowest BCUT2D eigenvalue weighted by atomic mass is 10.2. The van der Waals surface area contributed by atoms with E-state index in [1.807, 2.05) is 0 Å². The number of nitrogens with one attached hydrogen (secondary N) is 2. The fourth-order valence-electron chi connectivity index (χ4n) is 1.80. The SMILES string of the molecule is N#C/C(=C/Nc1ccccc1[N+](=O)[O-])C(=O)Nc1ccc(O)cc1. The number of carbonyl (C=O) groups is 1. The van der Waals surface area contributed by atoms with E-state index in [9.17, 15) is 20.0 Å². The Bertz CT molecular complexity index is 838. The summed E-state index contributed by atoms with van der Waals surface area (Å²) in [5.74, 6) is -0.642. The van der Waals surface area contributed by atoms with Crippen molar-refractivity contribution < 1.29 is 14.8 Å². The van der Waals surface area contributed by atoms with E-state index in [1.165, 1.54) is 42.5 Å². The Labute approximate surface area is 136 Å². The number of benzene rings is 2. The maximum Gasteiger partial charge on any atom is 0.292 e. The minimum atomic E-state index is -0.686. The molecule has 0 bridgehead atoms. The molecular formula is C16H12N4O4. The maximum atomic E-state index is 12.0. The molecule has 0 aliphatic carbocycles. The highest BCUT2D eigenvalue weighted by Gasteiger charge is 2.13. The predicted molar refractivity (Wildman–Crippen MR) is 87.2 cm³/mol. The second-order valence-corrected chi connectivity index (χ2v) is 4.59. The molecular weight excluding hydrogens is 312 g/mol. The van der Waals surface area contributed by atoms with Crippen molar-refractivity contribution in [2.75, 3.05) is 10.6 Å². The van der Waals surface area contributed by atoms with Crippen LogP contribution in [0.15, 0.2) is 60.3 Å². The average molecular weight is 324 g/mol. The lowest BCUT2D eigenvalue weighted by Crippen LogP contribution is -2.14. The van der Waals surface area contributed by atoms with Crippen molar-refractivity contribution in [3.8, 4) is 11.8 Å². The van der Waals surface area contributed by atoms with Crippen LogP contribution in [0.4, 0.5) is 17.1 Å². The second-order valence-electron chi connectivity index (χ2n) is 4.59. The van der Waals surface area contributed by atoms with Crippen LogP contribution in [0.1, 0.15) is 0 Å². The molecule has 0 aliphatic rings. The summed E-state index contributed by atoms with van der Waals surface area (Å²) in [5, 5.41) is 34.3. The molecule has 24 heavy (non-hydrogen) atoms. The van der Waals surface area contributed by atoms with Crippen LogP contribution in [-0.2, 0) is 4.79 Å². The number of hydrogen-bond donors (Lipinski definition) is 3. The minimum Gasteiger partial charge on any atom is -0.508 e. The highest BCUT2D eigenvalue weighted by Crippen LogP contribution is 2.23. The van der Waals surface area contributed by atoms with Crippen molar-refractivity contribution in [1.29, 1.82) is 5.26 Å². The van der Waals surface area contributed by atoms with E-state index in [1.54, 1.807) is 12.1 Å². The van der Waals surface area contributed by atoms with E-state index in [2.05, 4.69) is 10.6 Å². The van der Waals surface area contributed by atoms with Crippen LogP contribution in [0.3, 0.4) is 0 Å². The lowest BCUT2D eigenvalue weighted by molar-refractivity contribution is -0.383. The third-order valence-corrected chi connectivity index (χ3v) is 2.96. The number of carbonyl (C=O) groups excluding carboxylic acids is 1. The number of hydrogen-bond acceptors (Lipinski definition) is 6. The second kappa shape index (κ2) is 7.42. The average Bonchev–Trinajstić information content (AvgIpc) is 2.57. The van der Waals surface area contributed by atoms with Gasteiger partial charge in [-0.3, -0.25) is 14.9 Å². The van der Waals surface area contributed by atoms with E-state index in [-0.39, 0.29) is 22.7 Å². The largest absolute Gasteiger partial charge is 0.508 e. The van der Waals surface area contributed by atoms with E-state index < -0.39 is 10.8 Å². The fourth-order valence-corrected chi connectivity index (χ4v) is 1.80. The summed E-state index contributed by atoms with van der Waals surface area (Å²) in [6.07, 6.45) is 1.10. The first-order valence-corrected chi connectivity index (χ1v) is 6.72. The Balaban J connectivity index is 2.15. The number of para-hydroxylation sites is 2. The van der Waals surface area contributed by atoms with Crippen molar-refractivity contribution in [2.24, 2.45) is 0 Å². The molecule has 3 N–H and O–H groups in total. The molecule has 0 saturated carbocycles. The van der Waals surface area contributed by atoms with Crippen molar-refractivity contribution in [3.05, 3.63) is 70.4 Å². The molecule has 2 rings (SSSR count). The first kappa shape index (κ1) is 16.5. The first-order chi connectivity index (χ1) is 11.5. The highest BCUT2D eigenvalue weighted by molar-refractivity contribution is 6.06. The van der Waals surface area contributed by atoms with Gasteiger partial charge >= 0.3 is 0 Å². The van der Waals surface area contributed by atoms with Crippen LogP contribution in [0.2, 0.25) is 0 Å². The number of nitro benzene ring substituents is 1. The van der Waals surface area contributed by atoms with Gasteiger partial charge in [-0.15, -0.1) is 0 Å². The maximum absolute atomic E-state index is 12.0. The molecule has 0 saturated heterocycles. The summed E-state index contributed by atoms with van der Waals surface area (Å²) in [5.41, 5.74) is 0.114. The Kier molecular flexibility index (Phi) is 5.10. The van der Waals surface area contributed by atoms with Gasteiger partial charge in [0, 0.05) is 18.0 Å². The van der Waals surface area contributed by atoms with Crippen molar-refractivity contribution in [2.45, 2.75) is 0 Å². The molecule has 0 fully saturated rings. The molecule has 0 spiro atoms. The first-order valence-electron chi connectivity index (χ1n) is 6.72. The standard InChI is InChI=1S/C16H12N4O4/c17-9-11(16(22)19-12-5-7-13(21)8-6-12)10-18-14-3-1-2-4-15(14)20(23)24/h1-8,10,18,21H,(H,19,22)/b11-10-. The molecule has 0 aliphatic heterocycles. The van der Waals surface area contributed by atoms with Gasteiger partial charge in [0.05, 0.1) is 4.92 Å². The number of rotatable bonds is 5. The highest BCUT2D eigenvalue weighted by atomic mass is 16.6. The summed E-state index contributed by atoms with van der Waals surface area (Å²) in [4.78, 5) is 22.4. The van der Waals surface area contributed by atoms with E-state index >= 15 is 0 Å². The molecule has 0 radical (unpaired) electrons. The fraction of sp³-hybridized carbons (Fsp3) is 0. The van der Waals surface area contributed by atoms with Crippen molar-refractivity contribution in [3.63, 3.8) is 0 Å². The summed E-state index contributed by atoms with van der Waals surface area (Å²) in [6, 6.07) is 13.3. The van der Waals surface area contributed by atoms with Crippen LogP contribution >= 0.6 is 0 Å². The van der Waals surface area contributed by atoms with Gasteiger partial charge in [0.25, 0.3) is 11.6 Å². The zero-order chi connectivity index (χ0) is 17.5. The van der Waals surface area contributed by atoms with Gasteiger partial charge in [-0.1, -0.05) is 12.1 Å². The van der Waals surface area contributed by atoms with Crippen LogP contribution < -0.4 is 10.6 Å². The van der Waals surface area contributed by atoms with Crippen molar-refractivity contribution in [1.82, 2.24) is 0 Å². The number of nitrogens with zero attached hydrogens (tertiary/aromatic N) is 2. The number of phenolic OH excluding ortho intramolecular Hbond substituents is 1. The third-order valence-electron chi connectivity index (χ3n) is 2.96. The normalized spacial score (nSPS) is 10.5. The van der Waals surface area contributed by atoms with Gasteiger partial charge in [-0.25, -0.2) is 0 Å². The molecule has 0 heterocycles. The number of nitro groups is 1. The quantitative estimate of drug-likeness (QED) is 0.255. The molecule has 0 atom stereocenters. The Hall–Kier alpha value is -3.86. The molecule has 2 aromatic rings. The Morgan fingerprint density at radius 1 is 1.21 bits per heavy atom. The van der Waals surface area contributed by atoms with Gasteiger partial charge < -0.3 is 15.7 Å². The Morgan fingerprint density at radius 2 is 1.88 bits per heavy atom. The molecule has 0 aromatic heterocycles. The van der Waals surface area contributed by atoms with Crippen LogP contribution in [-0.4, -0.2) is 15.9 Å². The van der Waals surface area contributed by atoms with Crippen LogP contribution in [0, 0.1) is 21.4 Å². The van der Waals surface area contributed by atoms with E-state index in [0.717, 1.165) is 6.20 Å². The number of nitriles is 1. The molecule has 120 valence electrons. The minimum absolute atomic E-state index is 0.0436. The van der Waals surface area contributed by atoms with Crippen LogP contribution in [0.5, 0.6) is 5.75 Å². The lowest BCUT2D eigenvalue weighted by Gasteiger charge is -2.05. The number of aromatic hydroxyl groups is 1. The zero-order valence-corrected chi connectivity index (χ0v) is 12.3. The molecule has 8 heteroatoms. The van der Waals surface area contributed by atoms with E-state index in [0.29, 0.717) is 5.69 Å². The van der Waals surface area contributed by atoms with Gasteiger partial charge in [-0.2, -0.15) is 5.26 Å². The summed E-state index contributed by atoms with van der Waals surface area (Å²) >= 11 is 0. The summed E-state index contributed by atoms with van der Waals surface area (Å²) in [6.45, 7) is 0. The molecule has 1 amide bonds. The van der Waals surface area contributed by atoms with Crippen LogP contribution in [0.25, 0.3) is 0 Å². The third kappa shape index (κ3) is 4.08. The monoisotopic (exact) mass is 324 g/mol. The number of anilines is 2. The molecule has 8 nitrogen and oxygen atoms in total. The van der Waals surface area contributed by atoms with Gasteiger partial charge in [0.1, 0.15) is 23.1 Å². The van der Waals surface area contributed by atoms with Gasteiger partial charge in [-0.05, 0) is 30.3 Å².